The first-order chi connectivity index (χ1) is 11.0. The quantitative estimate of drug-likeness (QED) is 0.733. The second kappa shape index (κ2) is 8.45. The lowest BCUT2D eigenvalue weighted by Gasteiger charge is -2.30. The Labute approximate surface area is 139 Å². The zero-order valence-electron chi connectivity index (χ0n) is 14.5. The SMILES string of the molecule is C=CCNC(=O)CN1CC(C)C(N2CCCN(C(C)=O)CC2)C1. The van der Waals surface area contributed by atoms with Crippen molar-refractivity contribution in [3.05, 3.63) is 12.7 Å². The minimum Gasteiger partial charge on any atom is -0.352 e. The van der Waals surface area contributed by atoms with E-state index in [2.05, 4.69) is 28.6 Å². The first-order valence-electron chi connectivity index (χ1n) is 8.60. The summed E-state index contributed by atoms with van der Waals surface area (Å²) in [6.45, 7) is 14.1. The second-order valence-electron chi connectivity index (χ2n) is 6.73. The first-order valence-corrected chi connectivity index (χ1v) is 8.60. The number of nitrogens with zero attached hydrogens (tertiary/aromatic N) is 3. The molecule has 0 aliphatic carbocycles. The lowest BCUT2D eigenvalue weighted by Crippen LogP contribution is -2.43. The van der Waals surface area contributed by atoms with Crippen LogP contribution in [-0.4, -0.2) is 84.9 Å². The van der Waals surface area contributed by atoms with Crippen molar-refractivity contribution < 1.29 is 9.59 Å². The third-order valence-electron chi connectivity index (χ3n) is 4.90. The van der Waals surface area contributed by atoms with E-state index < -0.39 is 0 Å². The summed E-state index contributed by atoms with van der Waals surface area (Å²) in [6, 6.07) is 0.481. The number of amides is 2. The molecule has 2 fully saturated rings. The van der Waals surface area contributed by atoms with Crippen LogP contribution in [0.15, 0.2) is 12.7 Å². The van der Waals surface area contributed by atoms with E-state index in [0.717, 1.165) is 45.7 Å². The number of carbonyl (C=O) groups is 2. The summed E-state index contributed by atoms with van der Waals surface area (Å²) < 4.78 is 0. The molecular weight excluding hydrogens is 292 g/mol. The minimum absolute atomic E-state index is 0.0661. The number of rotatable bonds is 5. The van der Waals surface area contributed by atoms with Gasteiger partial charge in [0.2, 0.25) is 11.8 Å². The molecule has 2 aliphatic rings. The minimum atomic E-state index is 0.0661. The molecule has 2 atom stereocenters. The summed E-state index contributed by atoms with van der Waals surface area (Å²) in [4.78, 5) is 30.1. The standard InChI is InChI=1S/C17H30N4O2/c1-4-6-18-17(23)13-19-11-14(2)16(12-19)21-8-5-7-20(9-10-21)15(3)22/h4,14,16H,1,5-13H2,2-3H3,(H,18,23). The predicted octanol–water partition coefficient (Wildman–Crippen LogP) is 0.163. The number of likely N-dealkylation sites (tertiary alicyclic amines) is 1. The largest absolute Gasteiger partial charge is 0.352 e. The molecule has 2 rings (SSSR count). The smallest absolute Gasteiger partial charge is 0.234 e. The van der Waals surface area contributed by atoms with E-state index >= 15 is 0 Å². The lowest BCUT2D eigenvalue weighted by molar-refractivity contribution is -0.128. The topological polar surface area (TPSA) is 55.9 Å². The molecule has 0 bridgehead atoms. The number of hydrogen-bond donors (Lipinski definition) is 1. The maximum atomic E-state index is 11.9. The monoisotopic (exact) mass is 322 g/mol. The highest BCUT2D eigenvalue weighted by Gasteiger charge is 2.35. The van der Waals surface area contributed by atoms with Crippen LogP contribution >= 0.6 is 0 Å². The summed E-state index contributed by atoms with van der Waals surface area (Å²) >= 11 is 0. The van der Waals surface area contributed by atoms with Crippen LogP contribution < -0.4 is 5.32 Å². The molecule has 2 saturated heterocycles. The number of hydrogen-bond acceptors (Lipinski definition) is 4. The molecule has 0 aromatic carbocycles. The molecule has 2 heterocycles. The Kier molecular flexibility index (Phi) is 6.59. The third kappa shape index (κ3) is 5.04. The van der Waals surface area contributed by atoms with Crippen molar-refractivity contribution in [3.8, 4) is 0 Å². The molecule has 0 saturated carbocycles. The summed E-state index contributed by atoms with van der Waals surface area (Å²) in [5.41, 5.74) is 0. The van der Waals surface area contributed by atoms with Crippen molar-refractivity contribution >= 4 is 11.8 Å². The van der Waals surface area contributed by atoms with Gasteiger partial charge < -0.3 is 10.2 Å². The van der Waals surface area contributed by atoms with E-state index in [1.54, 1.807) is 13.0 Å². The van der Waals surface area contributed by atoms with E-state index in [1.807, 2.05) is 4.90 Å². The maximum Gasteiger partial charge on any atom is 0.234 e. The number of carbonyl (C=O) groups excluding carboxylic acids is 2. The lowest BCUT2D eigenvalue weighted by atomic mass is 10.0. The Morgan fingerprint density at radius 1 is 1.22 bits per heavy atom. The van der Waals surface area contributed by atoms with E-state index in [1.165, 1.54) is 0 Å². The van der Waals surface area contributed by atoms with Crippen molar-refractivity contribution in [1.82, 2.24) is 20.0 Å². The fraction of sp³-hybridized carbons (Fsp3) is 0.765. The Hall–Kier alpha value is -1.40. The zero-order valence-corrected chi connectivity index (χ0v) is 14.5. The van der Waals surface area contributed by atoms with Crippen molar-refractivity contribution in [2.75, 3.05) is 52.4 Å². The van der Waals surface area contributed by atoms with Crippen LogP contribution in [0, 0.1) is 5.92 Å². The van der Waals surface area contributed by atoms with Gasteiger partial charge in [0.05, 0.1) is 6.54 Å². The maximum absolute atomic E-state index is 11.9. The molecule has 6 nitrogen and oxygen atoms in total. The van der Waals surface area contributed by atoms with Crippen LogP contribution in [0.25, 0.3) is 0 Å². The molecule has 2 aliphatic heterocycles. The van der Waals surface area contributed by atoms with Gasteiger partial charge in [0, 0.05) is 58.8 Å². The third-order valence-corrected chi connectivity index (χ3v) is 4.90. The highest BCUT2D eigenvalue weighted by Crippen LogP contribution is 2.22. The van der Waals surface area contributed by atoms with E-state index in [4.69, 9.17) is 0 Å². The van der Waals surface area contributed by atoms with E-state index in [9.17, 15) is 9.59 Å². The van der Waals surface area contributed by atoms with Crippen LogP contribution in [0.5, 0.6) is 0 Å². The second-order valence-corrected chi connectivity index (χ2v) is 6.73. The van der Waals surface area contributed by atoms with Gasteiger partial charge in [-0.2, -0.15) is 0 Å². The zero-order chi connectivity index (χ0) is 16.8. The van der Waals surface area contributed by atoms with Crippen molar-refractivity contribution in [2.45, 2.75) is 26.3 Å². The first kappa shape index (κ1) is 17.9. The van der Waals surface area contributed by atoms with Crippen LogP contribution in [0.4, 0.5) is 0 Å². The molecule has 0 spiro atoms. The van der Waals surface area contributed by atoms with Crippen LogP contribution in [-0.2, 0) is 9.59 Å². The molecule has 0 radical (unpaired) electrons. The van der Waals surface area contributed by atoms with E-state index in [-0.39, 0.29) is 11.8 Å². The Morgan fingerprint density at radius 2 is 2.00 bits per heavy atom. The summed E-state index contributed by atoms with van der Waals surface area (Å²) in [5, 5.41) is 2.84. The summed E-state index contributed by atoms with van der Waals surface area (Å²) in [5.74, 6) is 0.786. The molecule has 2 amide bonds. The summed E-state index contributed by atoms with van der Waals surface area (Å²) in [7, 11) is 0. The van der Waals surface area contributed by atoms with Gasteiger partial charge in [0.1, 0.15) is 0 Å². The Balaban J connectivity index is 1.85. The van der Waals surface area contributed by atoms with Gasteiger partial charge in [-0.3, -0.25) is 19.4 Å². The van der Waals surface area contributed by atoms with Crippen LogP contribution in [0.3, 0.4) is 0 Å². The van der Waals surface area contributed by atoms with Crippen LogP contribution in [0.1, 0.15) is 20.3 Å². The average Bonchev–Trinajstić information content (AvgIpc) is 2.73. The fourth-order valence-electron chi connectivity index (χ4n) is 3.68. The van der Waals surface area contributed by atoms with Crippen molar-refractivity contribution in [2.24, 2.45) is 5.92 Å². The molecule has 23 heavy (non-hydrogen) atoms. The van der Waals surface area contributed by atoms with Gasteiger partial charge in [0.15, 0.2) is 0 Å². The summed E-state index contributed by atoms with van der Waals surface area (Å²) in [6.07, 6.45) is 2.73. The molecular formula is C17H30N4O2. The van der Waals surface area contributed by atoms with Gasteiger partial charge in [-0.15, -0.1) is 6.58 Å². The van der Waals surface area contributed by atoms with Crippen molar-refractivity contribution in [1.29, 1.82) is 0 Å². The Morgan fingerprint density at radius 3 is 2.70 bits per heavy atom. The van der Waals surface area contributed by atoms with Gasteiger partial charge >= 0.3 is 0 Å². The average molecular weight is 322 g/mol. The predicted molar refractivity (Wildman–Crippen MR) is 91.0 cm³/mol. The van der Waals surface area contributed by atoms with Gasteiger partial charge in [-0.1, -0.05) is 13.0 Å². The molecule has 6 heteroatoms. The molecule has 1 N–H and O–H groups in total. The molecule has 0 aromatic rings. The van der Waals surface area contributed by atoms with Gasteiger partial charge in [0.25, 0.3) is 0 Å². The normalized spacial score (nSPS) is 26.8. The molecule has 0 aromatic heterocycles. The highest BCUT2D eigenvalue weighted by molar-refractivity contribution is 5.78. The fourth-order valence-corrected chi connectivity index (χ4v) is 3.68. The molecule has 130 valence electrons. The van der Waals surface area contributed by atoms with Crippen molar-refractivity contribution in [3.63, 3.8) is 0 Å². The van der Waals surface area contributed by atoms with Gasteiger partial charge in [-0.05, 0) is 12.3 Å². The highest BCUT2D eigenvalue weighted by atomic mass is 16.2. The Bertz CT molecular complexity index is 440. The number of nitrogens with one attached hydrogen (secondary N) is 1. The van der Waals surface area contributed by atoms with Gasteiger partial charge in [-0.25, -0.2) is 0 Å². The van der Waals surface area contributed by atoms with E-state index in [0.29, 0.717) is 25.0 Å². The molecule has 2 unspecified atom stereocenters. The van der Waals surface area contributed by atoms with Crippen LogP contribution in [0.2, 0.25) is 0 Å².